The van der Waals surface area contributed by atoms with Gasteiger partial charge in [-0.3, -0.25) is 4.90 Å². The second-order valence-corrected chi connectivity index (χ2v) is 6.16. The van der Waals surface area contributed by atoms with E-state index in [9.17, 15) is 0 Å². The first kappa shape index (κ1) is 15.6. The first-order chi connectivity index (χ1) is 8.54. The normalized spacial score (nSPS) is 15.0. The zero-order valence-corrected chi connectivity index (χ0v) is 13.2. The molecule has 18 heavy (non-hydrogen) atoms. The quantitative estimate of drug-likeness (QED) is 0.786. The molecule has 2 atom stereocenters. The van der Waals surface area contributed by atoms with Crippen molar-refractivity contribution < 1.29 is 0 Å². The van der Waals surface area contributed by atoms with Gasteiger partial charge in [0.2, 0.25) is 0 Å². The van der Waals surface area contributed by atoms with Crippen LogP contribution in [-0.2, 0) is 6.54 Å². The molecule has 0 saturated carbocycles. The largest absolute Gasteiger partial charge is 0.313 e. The van der Waals surface area contributed by atoms with Crippen LogP contribution in [0, 0.1) is 6.92 Å². The van der Waals surface area contributed by atoms with Crippen molar-refractivity contribution in [3.8, 4) is 0 Å². The van der Waals surface area contributed by atoms with E-state index in [1.54, 1.807) is 11.3 Å². The molecule has 4 heteroatoms. The molecule has 3 nitrogen and oxygen atoms in total. The number of nitrogens with one attached hydrogen (secondary N) is 1. The van der Waals surface area contributed by atoms with E-state index in [0.717, 1.165) is 13.1 Å². The molecule has 0 aliphatic heterocycles. The predicted octanol–water partition coefficient (Wildman–Crippen LogP) is 3.05. The summed E-state index contributed by atoms with van der Waals surface area (Å²) in [4.78, 5) is 8.08. The van der Waals surface area contributed by atoms with Crippen molar-refractivity contribution in [2.75, 3.05) is 13.6 Å². The minimum Gasteiger partial charge on any atom is -0.313 e. The van der Waals surface area contributed by atoms with Gasteiger partial charge in [0, 0.05) is 30.1 Å². The lowest BCUT2D eigenvalue weighted by Gasteiger charge is -2.26. The number of aromatic nitrogens is 1. The van der Waals surface area contributed by atoms with E-state index < -0.39 is 0 Å². The molecule has 104 valence electrons. The second-order valence-electron chi connectivity index (χ2n) is 5.22. The molecule has 0 fully saturated rings. The Morgan fingerprint density at radius 1 is 1.44 bits per heavy atom. The molecule has 0 aliphatic carbocycles. The molecular formula is C14H27N3S. The highest BCUT2D eigenvalue weighted by atomic mass is 32.1. The van der Waals surface area contributed by atoms with Crippen molar-refractivity contribution in [1.82, 2.24) is 15.2 Å². The highest BCUT2D eigenvalue weighted by molar-refractivity contribution is 7.09. The summed E-state index contributed by atoms with van der Waals surface area (Å²) in [5.74, 6) is 0. The molecule has 0 spiro atoms. The fraction of sp³-hybridized carbons (Fsp3) is 0.786. The Labute approximate surface area is 116 Å². The Morgan fingerprint density at radius 3 is 2.72 bits per heavy atom. The summed E-state index contributed by atoms with van der Waals surface area (Å²) in [5, 5.41) is 3.60. The zero-order chi connectivity index (χ0) is 13.5. The second kappa shape index (κ2) is 7.87. The number of likely N-dealkylation sites (N-methyl/N-ethyl adjacent to an activating group) is 1. The molecule has 0 aromatic carbocycles. The van der Waals surface area contributed by atoms with Gasteiger partial charge in [-0.05, 0) is 34.2 Å². The van der Waals surface area contributed by atoms with Gasteiger partial charge in [-0.15, -0.1) is 11.3 Å². The third-order valence-electron chi connectivity index (χ3n) is 3.47. The van der Waals surface area contributed by atoms with Crippen LogP contribution in [0.25, 0.3) is 0 Å². The molecule has 0 saturated heterocycles. The Balaban J connectivity index is 2.33. The number of nitrogens with zero attached hydrogens (tertiary/aromatic N) is 2. The minimum absolute atomic E-state index is 0.547. The lowest BCUT2D eigenvalue weighted by atomic mass is 10.2. The van der Waals surface area contributed by atoms with E-state index in [1.165, 1.54) is 23.4 Å². The van der Waals surface area contributed by atoms with Crippen molar-refractivity contribution in [1.29, 1.82) is 0 Å². The monoisotopic (exact) mass is 269 g/mol. The SMILES string of the molecule is CCCC(C)NCC(C)N(C)Cc1scnc1C. The highest BCUT2D eigenvalue weighted by Crippen LogP contribution is 2.15. The van der Waals surface area contributed by atoms with Gasteiger partial charge < -0.3 is 5.32 Å². The lowest BCUT2D eigenvalue weighted by Crippen LogP contribution is -2.40. The molecule has 1 N–H and O–H groups in total. The number of aryl methyl sites for hydroxylation is 1. The van der Waals surface area contributed by atoms with Gasteiger partial charge in [0.1, 0.15) is 0 Å². The van der Waals surface area contributed by atoms with Crippen molar-refractivity contribution in [2.45, 2.75) is 59.2 Å². The van der Waals surface area contributed by atoms with E-state index in [2.05, 4.69) is 49.9 Å². The van der Waals surface area contributed by atoms with Gasteiger partial charge in [-0.2, -0.15) is 0 Å². The molecule has 1 aromatic heterocycles. The number of hydrogen-bond donors (Lipinski definition) is 1. The molecule has 0 aliphatic rings. The molecule has 0 amide bonds. The van der Waals surface area contributed by atoms with Crippen molar-refractivity contribution in [3.05, 3.63) is 16.1 Å². The van der Waals surface area contributed by atoms with E-state index >= 15 is 0 Å². The van der Waals surface area contributed by atoms with Crippen LogP contribution in [0.4, 0.5) is 0 Å². The number of rotatable bonds is 8. The van der Waals surface area contributed by atoms with Crippen molar-refractivity contribution in [3.63, 3.8) is 0 Å². The fourth-order valence-electron chi connectivity index (χ4n) is 1.92. The lowest BCUT2D eigenvalue weighted by molar-refractivity contribution is 0.238. The third kappa shape index (κ3) is 5.04. The summed E-state index contributed by atoms with van der Waals surface area (Å²) in [7, 11) is 2.19. The molecule has 0 radical (unpaired) electrons. The van der Waals surface area contributed by atoms with Crippen LogP contribution in [0.3, 0.4) is 0 Å². The van der Waals surface area contributed by atoms with E-state index in [-0.39, 0.29) is 0 Å². The van der Waals surface area contributed by atoms with Gasteiger partial charge >= 0.3 is 0 Å². The van der Waals surface area contributed by atoms with Crippen LogP contribution in [0.5, 0.6) is 0 Å². The maximum atomic E-state index is 4.30. The number of thiazole rings is 1. The average Bonchev–Trinajstić information content (AvgIpc) is 2.72. The van der Waals surface area contributed by atoms with Crippen molar-refractivity contribution in [2.24, 2.45) is 0 Å². The minimum atomic E-state index is 0.547. The van der Waals surface area contributed by atoms with Crippen LogP contribution in [0.2, 0.25) is 0 Å². The smallest absolute Gasteiger partial charge is 0.0798 e. The van der Waals surface area contributed by atoms with Crippen LogP contribution in [0.15, 0.2) is 5.51 Å². The first-order valence-electron chi connectivity index (χ1n) is 6.87. The standard InChI is InChI=1S/C14H27N3S/c1-6-7-11(2)15-8-12(3)17(5)9-14-13(4)16-10-18-14/h10-12,15H,6-9H2,1-5H3. The van der Waals surface area contributed by atoms with E-state index in [4.69, 9.17) is 0 Å². The molecule has 1 heterocycles. The highest BCUT2D eigenvalue weighted by Gasteiger charge is 2.12. The molecular weight excluding hydrogens is 242 g/mol. The summed E-state index contributed by atoms with van der Waals surface area (Å²) in [5.41, 5.74) is 3.11. The summed E-state index contributed by atoms with van der Waals surface area (Å²) < 4.78 is 0. The third-order valence-corrected chi connectivity index (χ3v) is 4.39. The van der Waals surface area contributed by atoms with Crippen LogP contribution >= 0.6 is 11.3 Å². The van der Waals surface area contributed by atoms with Gasteiger partial charge in [-0.25, -0.2) is 4.98 Å². The maximum absolute atomic E-state index is 4.30. The predicted molar refractivity (Wildman–Crippen MR) is 80.2 cm³/mol. The van der Waals surface area contributed by atoms with Gasteiger partial charge in [-0.1, -0.05) is 13.3 Å². The van der Waals surface area contributed by atoms with Crippen LogP contribution in [-0.4, -0.2) is 35.6 Å². The van der Waals surface area contributed by atoms with Crippen molar-refractivity contribution >= 4 is 11.3 Å². The summed E-state index contributed by atoms with van der Waals surface area (Å²) in [6.45, 7) is 10.9. The van der Waals surface area contributed by atoms with E-state index in [1.807, 2.05) is 5.51 Å². The summed E-state index contributed by atoms with van der Waals surface area (Å²) in [6, 6.07) is 1.17. The fourth-order valence-corrected chi connectivity index (χ4v) is 2.76. The topological polar surface area (TPSA) is 28.2 Å². The Morgan fingerprint density at radius 2 is 2.17 bits per heavy atom. The Hall–Kier alpha value is -0.450. The Kier molecular flexibility index (Phi) is 6.82. The van der Waals surface area contributed by atoms with E-state index in [0.29, 0.717) is 12.1 Å². The summed E-state index contributed by atoms with van der Waals surface area (Å²) >= 11 is 1.75. The molecule has 1 rings (SSSR count). The van der Waals surface area contributed by atoms with Gasteiger partial charge in [0.25, 0.3) is 0 Å². The maximum Gasteiger partial charge on any atom is 0.0798 e. The molecule has 2 unspecified atom stereocenters. The van der Waals surface area contributed by atoms with Crippen LogP contribution in [0.1, 0.15) is 44.2 Å². The van der Waals surface area contributed by atoms with Gasteiger partial charge in [0.05, 0.1) is 11.2 Å². The summed E-state index contributed by atoms with van der Waals surface area (Å²) in [6.07, 6.45) is 2.50. The average molecular weight is 269 g/mol. The van der Waals surface area contributed by atoms with Gasteiger partial charge in [0.15, 0.2) is 0 Å². The molecule has 0 bridgehead atoms. The first-order valence-corrected chi connectivity index (χ1v) is 7.75. The number of hydrogen-bond acceptors (Lipinski definition) is 4. The molecule has 1 aromatic rings. The van der Waals surface area contributed by atoms with Crippen LogP contribution < -0.4 is 5.32 Å². The Bertz CT molecular complexity index is 338. The zero-order valence-electron chi connectivity index (χ0n) is 12.4.